The fraction of sp³-hybridized carbons (Fsp3) is 0.133. The minimum absolute atomic E-state index is 0.113. The van der Waals surface area contributed by atoms with Gasteiger partial charge in [-0.3, -0.25) is 4.79 Å². The SMILES string of the molecule is COc1ccc2cc(C(=O)Nc3cc(C)on3)c(=O)oc2c1. The monoisotopic (exact) mass is 300 g/mol. The Morgan fingerprint density at radius 2 is 2.09 bits per heavy atom. The summed E-state index contributed by atoms with van der Waals surface area (Å²) in [6, 6.07) is 8.01. The highest BCUT2D eigenvalue weighted by atomic mass is 16.5. The topological polar surface area (TPSA) is 94.6 Å². The second-order valence-corrected chi connectivity index (χ2v) is 4.63. The molecule has 2 aromatic heterocycles. The maximum absolute atomic E-state index is 12.1. The molecule has 7 heteroatoms. The normalized spacial score (nSPS) is 10.6. The molecule has 1 amide bonds. The van der Waals surface area contributed by atoms with Crippen molar-refractivity contribution in [1.82, 2.24) is 5.16 Å². The molecular weight excluding hydrogens is 288 g/mol. The van der Waals surface area contributed by atoms with Crippen LogP contribution in [0.2, 0.25) is 0 Å². The van der Waals surface area contributed by atoms with Crippen LogP contribution in [-0.4, -0.2) is 18.2 Å². The van der Waals surface area contributed by atoms with Crippen LogP contribution in [-0.2, 0) is 0 Å². The van der Waals surface area contributed by atoms with Crippen LogP contribution in [0.15, 0.2) is 44.1 Å². The van der Waals surface area contributed by atoms with Gasteiger partial charge in [0.25, 0.3) is 5.91 Å². The Balaban J connectivity index is 1.98. The Morgan fingerprint density at radius 3 is 2.77 bits per heavy atom. The number of amides is 1. The number of anilines is 1. The van der Waals surface area contributed by atoms with Gasteiger partial charge in [0.2, 0.25) is 0 Å². The Labute approximate surface area is 124 Å². The molecule has 0 aliphatic heterocycles. The molecule has 0 radical (unpaired) electrons. The number of carbonyl (C=O) groups excluding carboxylic acids is 1. The number of fused-ring (bicyclic) bond motifs is 1. The number of aryl methyl sites for hydroxylation is 1. The number of nitrogens with one attached hydrogen (secondary N) is 1. The summed E-state index contributed by atoms with van der Waals surface area (Å²) < 4.78 is 15.1. The number of methoxy groups -OCH3 is 1. The summed E-state index contributed by atoms with van der Waals surface area (Å²) in [4.78, 5) is 24.1. The van der Waals surface area contributed by atoms with Gasteiger partial charge < -0.3 is 19.0 Å². The summed E-state index contributed by atoms with van der Waals surface area (Å²) in [6.45, 7) is 1.69. The number of hydrogen-bond acceptors (Lipinski definition) is 6. The van der Waals surface area contributed by atoms with Gasteiger partial charge in [0.05, 0.1) is 7.11 Å². The molecule has 0 spiro atoms. The summed E-state index contributed by atoms with van der Waals surface area (Å²) in [5, 5.41) is 6.73. The zero-order valence-electron chi connectivity index (χ0n) is 11.9. The first-order chi connectivity index (χ1) is 10.6. The van der Waals surface area contributed by atoms with Gasteiger partial charge in [-0.05, 0) is 25.1 Å². The molecule has 1 aromatic carbocycles. The summed E-state index contributed by atoms with van der Waals surface area (Å²) in [6.07, 6.45) is 0. The summed E-state index contributed by atoms with van der Waals surface area (Å²) >= 11 is 0. The zero-order chi connectivity index (χ0) is 15.7. The predicted octanol–water partition coefficient (Wildman–Crippen LogP) is 2.35. The Hall–Kier alpha value is -3.09. The van der Waals surface area contributed by atoms with E-state index in [1.165, 1.54) is 13.2 Å². The van der Waals surface area contributed by atoms with Crippen LogP contribution in [0.4, 0.5) is 5.82 Å². The highest BCUT2D eigenvalue weighted by Crippen LogP contribution is 2.20. The van der Waals surface area contributed by atoms with E-state index in [-0.39, 0.29) is 11.4 Å². The Kier molecular flexibility index (Phi) is 3.38. The lowest BCUT2D eigenvalue weighted by atomic mass is 10.1. The standard InChI is InChI=1S/C15H12N2O5/c1-8-5-13(17-22-8)16-14(18)11-6-9-3-4-10(20-2)7-12(9)21-15(11)19/h3-7H,1-2H3,(H,16,17,18). The van der Waals surface area contributed by atoms with Crippen LogP contribution >= 0.6 is 0 Å². The van der Waals surface area contributed by atoms with E-state index in [1.54, 1.807) is 31.2 Å². The quantitative estimate of drug-likeness (QED) is 0.746. The van der Waals surface area contributed by atoms with E-state index in [0.29, 0.717) is 22.5 Å². The van der Waals surface area contributed by atoms with Gasteiger partial charge in [-0.1, -0.05) is 5.16 Å². The van der Waals surface area contributed by atoms with E-state index in [1.807, 2.05) is 0 Å². The number of rotatable bonds is 3. The summed E-state index contributed by atoms with van der Waals surface area (Å²) in [5.41, 5.74) is -0.505. The molecule has 0 aliphatic carbocycles. The van der Waals surface area contributed by atoms with E-state index < -0.39 is 11.5 Å². The number of aromatic nitrogens is 1. The molecular formula is C15H12N2O5. The van der Waals surface area contributed by atoms with Crippen molar-refractivity contribution in [2.45, 2.75) is 6.92 Å². The molecule has 0 bridgehead atoms. The molecule has 0 unspecified atom stereocenters. The van der Waals surface area contributed by atoms with E-state index in [0.717, 1.165) is 0 Å². The largest absolute Gasteiger partial charge is 0.497 e. The van der Waals surface area contributed by atoms with Crippen LogP contribution in [0, 0.1) is 6.92 Å². The van der Waals surface area contributed by atoms with Crippen molar-refractivity contribution in [3.05, 3.63) is 52.1 Å². The fourth-order valence-corrected chi connectivity index (χ4v) is 1.99. The predicted molar refractivity (Wildman–Crippen MR) is 78.2 cm³/mol. The van der Waals surface area contributed by atoms with Gasteiger partial charge >= 0.3 is 5.63 Å². The maximum Gasteiger partial charge on any atom is 0.349 e. The van der Waals surface area contributed by atoms with Gasteiger partial charge in [0.15, 0.2) is 5.82 Å². The average molecular weight is 300 g/mol. The van der Waals surface area contributed by atoms with Gasteiger partial charge in [-0.15, -0.1) is 0 Å². The smallest absolute Gasteiger partial charge is 0.349 e. The lowest BCUT2D eigenvalue weighted by molar-refractivity contribution is 0.102. The number of carbonyl (C=O) groups is 1. The highest BCUT2D eigenvalue weighted by Gasteiger charge is 2.15. The van der Waals surface area contributed by atoms with Crippen molar-refractivity contribution in [2.24, 2.45) is 0 Å². The van der Waals surface area contributed by atoms with Crippen molar-refractivity contribution in [2.75, 3.05) is 12.4 Å². The number of nitrogens with zero attached hydrogens (tertiary/aromatic N) is 1. The molecule has 0 atom stereocenters. The lowest BCUT2D eigenvalue weighted by Gasteiger charge is -2.04. The van der Waals surface area contributed by atoms with Crippen molar-refractivity contribution in [3.63, 3.8) is 0 Å². The molecule has 3 aromatic rings. The number of hydrogen-bond donors (Lipinski definition) is 1. The van der Waals surface area contributed by atoms with Gasteiger partial charge in [-0.2, -0.15) is 0 Å². The molecule has 7 nitrogen and oxygen atoms in total. The van der Waals surface area contributed by atoms with Gasteiger partial charge in [-0.25, -0.2) is 4.79 Å². The average Bonchev–Trinajstić information content (AvgIpc) is 2.90. The third-order valence-electron chi connectivity index (χ3n) is 3.06. The summed E-state index contributed by atoms with van der Waals surface area (Å²) in [5.74, 6) is 0.732. The first-order valence-electron chi connectivity index (χ1n) is 6.43. The minimum Gasteiger partial charge on any atom is -0.497 e. The Morgan fingerprint density at radius 1 is 1.27 bits per heavy atom. The lowest BCUT2D eigenvalue weighted by Crippen LogP contribution is -2.20. The molecule has 1 N–H and O–H groups in total. The first kappa shape index (κ1) is 13.9. The second kappa shape index (κ2) is 5.36. The minimum atomic E-state index is -0.738. The van der Waals surface area contributed by atoms with Gasteiger partial charge in [0.1, 0.15) is 22.7 Å². The molecule has 2 heterocycles. The zero-order valence-corrected chi connectivity index (χ0v) is 11.9. The van der Waals surface area contributed by atoms with Crippen LogP contribution in [0.3, 0.4) is 0 Å². The van der Waals surface area contributed by atoms with Crippen molar-refractivity contribution < 1.29 is 18.5 Å². The molecule has 0 fully saturated rings. The second-order valence-electron chi connectivity index (χ2n) is 4.63. The highest BCUT2D eigenvalue weighted by molar-refractivity contribution is 6.04. The van der Waals surface area contributed by atoms with Crippen LogP contribution in [0.5, 0.6) is 5.75 Å². The van der Waals surface area contributed by atoms with Crippen molar-refractivity contribution >= 4 is 22.7 Å². The van der Waals surface area contributed by atoms with E-state index >= 15 is 0 Å². The molecule has 3 rings (SSSR count). The summed E-state index contributed by atoms with van der Waals surface area (Å²) in [7, 11) is 1.51. The third-order valence-corrected chi connectivity index (χ3v) is 3.06. The number of ether oxygens (including phenoxy) is 1. The first-order valence-corrected chi connectivity index (χ1v) is 6.43. The maximum atomic E-state index is 12.1. The Bertz CT molecular complexity index is 910. The van der Waals surface area contributed by atoms with Crippen LogP contribution in [0.25, 0.3) is 11.0 Å². The van der Waals surface area contributed by atoms with E-state index in [2.05, 4.69) is 10.5 Å². The van der Waals surface area contributed by atoms with E-state index in [4.69, 9.17) is 13.7 Å². The van der Waals surface area contributed by atoms with Crippen LogP contribution < -0.4 is 15.7 Å². The van der Waals surface area contributed by atoms with Crippen molar-refractivity contribution in [3.8, 4) is 5.75 Å². The molecule has 22 heavy (non-hydrogen) atoms. The molecule has 112 valence electrons. The van der Waals surface area contributed by atoms with E-state index in [9.17, 15) is 9.59 Å². The fourth-order valence-electron chi connectivity index (χ4n) is 1.99. The third kappa shape index (κ3) is 2.56. The van der Waals surface area contributed by atoms with Crippen LogP contribution in [0.1, 0.15) is 16.1 Å². The molecule has 0 aliphatic rings. The number of benzene rings is 1. The van der Waals surface area contributed by atoms with Crippen molar-refractivity contribution in [1.29, 1.82) is 0 Å². The molecule has 0 saturated heterocycles. The molecule has 0 saturated carbocycles. The van der Waals surface area contributed by atoms with Gasteiger partial charge in [0, 0.05) is 17.5 Å².